The van der Waals surface area contributed by atoms with E-state index in [1.54, 1.807) is 4.57 Å². The number of rotatable bonds is 3. The number of aromatic carboxylic acids is 1. The number of aromatic nitrogens is 2. The lowest BCUT2D eigenvalue weighted by Gasteiger charge is -2.17. The monoisotopic (exact) mass is 215 g/mol. The molecule has 0 aliphatic heterocycles. The van der Waals surface area contributed by atoms with Crippen LogP contribution in [0, 0.1) is 0 Å². The lowest BCUT2D eigenvalue weighted by atomic mass is 10.1. The Morgan fingerprint density at radius 1 is 1.38 bits per heavy atom. The van der Waals surface area contributed by atoms with Crippen LogP contribution in [-0.4, -0.2) is 15.5 Å². The van der Waals surface area contributed by atoms with E-state index >= 15 is 0 Å². The molecule has 2 rings (SSSR count). The first-order valence-electron chi connectivity index (χ1n) is 4.98. The maximum absolute atomic E-state index is 10.8. The lowest BCUT2D eigenvalue weighted by Crippen LogP contribution is -2.26. The number of nitrogens with zero attached hydrogens (tertiary/aromatic N) is 2. The van der Waals surface area contributed by atoms with Crippen molar-refractivity contribution in [1.82, 2.24) is 9.55 Å². The molecule has 1 aromatic heterocycles. The fourth-order valence-electron chi connectivity index (χ4n) is 1.66. The van der Waals surface area contributed by atoms with Gasteiger partial charge in [-0.15, -0.1) is 0 Å². The van der Waals surface area contributed by atoms with Crippen LogP contribution in [0.2, 0.25) is 0 Å². The van der Waals surface area contributed by atoms with Crippen molar-refractivity contribution in [3.05, 3.63) is 54.1 Å². The standard InChI is InChI=1S/C12H12N2O2/c1-9(10-5-3-2-4-6-10)14-8-13-7-11(14)12(15)16/h2-9H,1H3,(H,15,16)/p-1/t9-/m0/s1. The van der Waals surface area contributed by atoms with E-state index in [4.69, 9.17) is 0 Å². The molecule has 4 heteroatoms. The van der Waals surface area contributed by atoms with Gasteiger partial charge in [-0.3, -0.25) is 0 Å². The molecule has 0 amide bonds. The molecule has 0 aliphatic rings. The van der Waals surface area contributed by atoms with E-state index in [0.29, 0.717) is 0 Å². The number of benzene rings is 1. The molecule has 0 spiro atoms. The van der Waals surface area contributed by atoms with Crippen molar-refractivity contribution in [3.8, 4) is 0 Å². The van der Waals surface area contributed by atoms with Crippen molar-refractivity contribution in [1.29, 1.82) is 0 Å². The zero-order chi connectivity index (χ0) is 11.5. The van der Waals surface area contributed by atoms with Crippen LogP contribution >= 0.6 is 0 Å². The van der Waals surface area contributed by atoms with E-state index < -0.39 is 5.97 Å². The number of hydrogen-bond donors (Lipinski definition) is 0. The fourth-order valence-corrected chi connectivity index (χ4v) is 1.66. The van der Waals surface area contributed by atoms with Gasteiger partial charge in [0.05, 0.1) is 30.2 Å². The fraction of sp³-hybridized carbons (Fsp3) is 0.167. The summed E-state index contributed by atoms with van der Waals surface area (Å²) in [4.78, 5) is 14.7. The predicted octanol–water partition coefficient (Wildman–Crippen LogP) is 0.856. The van der Waals surface area contributed by atoms with Gasteiger partial charge < -0.3 is 14.5 Å². The Kier molecular flexibility index (Phi) is 2.72. The zero-order valence-corrected chi connectivity index (χ0v) is 8.83. The Hall–Kier alpha value is -2.10. The second-order valence-electron chi connectivity index (χ2n) is 3.56. The zero-order valence-electron chi connectivity index (χ0n) is 8.83. The molecule has 0 N–H and O–H groups in total. The van der Waals surface area contributed by atoms with E-state index in [1.165, 1.54) is 12.5 Å². The normalized spacial score (nSPS) is 12.3. The summed E-state index contributed by atoms with van der Waals surface area (Å²) >= 11 is 0. The highest BCUT2D eigenvalue weighted by atomic mass is 16.4. The second-order valence-corrected chi connectivity index (χ2v) is 3.56. The minimum Gasteiger partial charge on any atom is -0.543 e. The first-order valence-corrected chi connectivity index (χ1v) is 4.98. The number of imidazole rings is 1. The third-order valence-corrected chi connectivity index (χ3v) is 2.57. The average Bonchev–Trinajstić information content (AvgIpc) is 2.78. The van der Waals surface area contributed by atoms with Crippen LogP contribution in [0.4, 0.5) is 0 Å². The van der Waals surface area contributed by atoms with Gasteiger partial charge in [-0.05, 0) is 12.5 Å². The Morgan fingerprint density at radius 3 is 2.69 bits per heavy atom. The van der Waals surface area contributed by atoms with Gasteiger partial charge in [0.15, 0.2) is 0 Å². The van der Waals surface area contributed by atoms with Crippen molar-refractivity contribution < 1.29 is 9.90 Å². The molecule has 0 fully saturated rings. The van der Waals surface area contributed by atoms with Gasteiger partial charge in [0.25, 0.3) is 0 Å². The SMILES string of the molecule is C[C@@H](c1ccccc1)n1cncc1C(=O)[O-]. The molecule has 1 aromatic carbocycles. The van der Waals surface area contributed by atoms with Crippen molar-refractivity contribution in [3.63, 3.8) is 0 Å². The Balaban J connectivity index is 2.38. The summed E-state index contributed by atoms with van der Waals surface area (Å²) in [5, 5.41) is 10.8. The highest BCUT2D eigenvalue weighted by molar-refractivity contribution is 5.83. The van der Waals surface area contributed by atoms with Crippen LogP contribution in [0.25, 0.3) is 0 Å². The second kappa shape index (κ2) is 4.18. The third kappa shape index (κ3) is 1.82. The quantitative estimate of drug-likeness (QED) is 0.762. The molecule has 4 nitrogen and oxygen atoms in total. The smallest absolute Gasteiger partial charge is 0.0956 e. The molecule has 2 aromatic rings. The first kappa shape index (κ1) is 10.4. The van der Waals surface area contributed by atoms with Crippen molar-refractivity contribution in [2.75, 3.05) is 0 Å². The summed E-state index contributed by atoms with van der Waals surface area (Å²) in [6.45, 7) is 1.92. The van der Waals surface area contributed by atoms with Gasteiger partial charge in [0.1, 0.15) is 0 Å². The molecule has 1 atom stereocenters. The molecule has 0 aliphatic carbocycles. The maximum atomic E-state index is 10.8. The summed E-state index contributed by atoms with van der Waals surface area (Å²) < 4.78 is 1.59. The van der Waals surface area contributed by atoms with E-state index in [1.807, 2.05) is 37.3 Å². The highest BCUT2D eigenvalue weighted by Gasteiger charge is 2.11. The van der Waals surface area contributed by atoms with Crippen molar-refractivity contribution in [2.45, 2.75) is 13.0 Å². The summed E-state index contributed by atoms with van der Waals surface area (Å²) in [5.41, 5.74) is 1.12. The molecule has 0 bridgehead atoms. The number of carboxylic acid groups (broad SMARTS) is 1. The minimum atomic E-state index is -1.21. The largest absolute Gasteiger partial charge is 0.543 e. The molecule has 0 saturated carbocycles. The number of hydrogen-bond acceptors (Lipinski definition) is 3. The van der Waals surface area contributed by atoms with Crippen molar-refractivity contribution in [2.24, 2.45) is 0 Å². The number of carbonyl (C=O) groups is 1. The topological polar surface area (TPSA) is 58.0 Å². The molecule has 16 heavy (non-hydrogen) atoms. The van der Waals surface area contributed by atoms with Crippen molar-refractivity contribution >= 4 is 5.97 Å². The van der Waals surface area contributed by atoms with Crippen LogP contribution in [0.15, 0.2) is 42.9 Å². The van der Waals surface area contributed by atoms with Gasteiger partial charge in [0.2, 0.25) is 0 Å². The van der Waals surface area contributed by atoms with Crippen LogP contribution in [-0.2, 0) is 0 Å². The molecule has 82 valence electrons. The lowest BCUT2D eigenvalue weighted by molar-refractivity contribution is -0.255. The molecule has 1 heterocycles. The molecule has 0 saturated heterocycles. The first-order chi connectivity index (χ1) is 7.70. The number of carboxylic acids is 1. The van der Waals surface area contributed by atoms with E-state index in [0.717, 1.165) is 5.56 Å². The predicted molar refractivity (Wildman–Crippen MR) is 56.8 cm³/mol. The van der Waals surface area contributed by atoms with E-state index in [9.17, 15) is 9.90 Å². The van der Waals surface area contributed by atoms with Gasteiger partial charge in [0, 0.05) is 0 Å². The highest BCUT2D eigenvalue weighted by Crippen LogP contribution is 2.18. The summed E-state index contributed by atoms with van der Waals surface area (Å²) in [7, 11) is 0. The Labute approximate surface area is 93.2 Å². The van der Waals surface area contributed by atoms with Gasteiger partial charge in [-0.25, -0.2) is 4.98 Å². The van der Waals surface area contributed by atoms with Crippen LogP contribution < -0.4 is 5.11 Å². The summed E-state index contributed by atoms with van der Waals surface area (Å²) in [6, 6.07) is 9.58. The van der Waals surface area contributed by atoms with E-state index in [2.05, 4.69) is 4.98 Å². The van der Waals surface area contributed by atoms with Crippen LogP contribution in [0.1, 0.15) is 29.0 Å². The molecular weight excluding hydrogens is 204 g/mol. The third-order valence-electron chi connectivity index (χ3n) is 2.57. The maximum Gasteiger partial charge on any atom is 0.0956 e. The van der Waals surface area contributed by atoms with Gasteiger partial charge >= 0.3 is 0 Å². The molecule has 0 radical (unpaired) electrons. The van der Waals surface area contributed by atoms with Crippen LogP contribution in [0.3, 0.4) is 0 Å². The van der Waals surface area contributed by atoms with Crippen LogP contribution in [0.5, 0.6) is 0 Å². The molecular formula is C12H11N2O2-. The summed E-state index contributed by atoms with van der Waals surface area (Å²) in [6.07, 6.45) is 2.80. The van der Waals surface area contributed by atoms with Gasteiger partial charge in [-0.1, -0.05) is 30.3 Å². The average molecular weight is 215 g/mol. The molecule has 0 unspecified atom stereocenters. The summed E-state index contributed by atoms with van der Waals surface area (Å²) in [5.74, 6) is -1.21. The van der Waals surface area contributed by atoms with Gasteiger partial charge in [-0.2, -0.15) is 0 Å². The Bertz CT molecular complexity index is 491. The number of carbonyl (C=O) groups excluding carboxylic acids is 1. The Morgan fingerprint density at radius 2 is 2.06 bits per heavy atom. The van der Waals surface area contributed by atoms with E-state index in [-0.39, 0.29) is 11.7 Å². The minimum absolute atomic E-state index is 0.0726.